The van der Waals surface area contributed by atoms with Gasteiger partial charge < -0.3 is 14.4 Å². The molecule has 5 nitrogen and oxygen atoms in total. The topological polar surface area (TPSA) is 66.6 Å². The summed E-state index contributed by atoms with van der Waals surface area (Å²) in [5, 5.41) is 10.7. The van der Waals surface area contributed by atoms with Crippen LogP contribution in [0.5, 0.6) is 0 Å². The van der Waals surface area contributed by atoms with Crippen molar-refractivity contribution < 1.29 is 14.3 Å². The first-order valence-corrected chi connectivity index (χ1v) is 9.76. The average Bonchev–Trinajstić information content (AvgIpc) is 3.06. The molecular formula is C18H22N2O3S. The van der Waals surface area contributed by atoms with Gasteiger partial charge in [0.05, 0.1) is 5.92 Å². The van der Waals surface area contributed by atoms with Gasteiger partial charge in [0.15, 0.2) is 11.5 Å². The number of piperidine rings is 1. The number of para-hydroxylation sites is 2. The molecular weight excluding hydrogens is 324 g/mol. The minimum Gasteiger partial charge on any atom is -0.440 e. The highest BCUT2D eigenvalue weighted by Gasteiger charge is 2.42. The van der Waals surface area contributed by atoms with E-state index in [-0.39, 0.29) is 11.8 Å². The second-order valence-corrected chi connectivity index (χ2v) is 7.98. The number of oxazole rings is 1. The van der Waals surface area contributed by atoms with E-state index in [4.69, 9.17) is 4.42 Å². The Labute approximate surface area is 145 Å². The van der Waals surface area contributed by atoms with Gasteiger partial charge in [-0.05, 0) is 49.3 Å². The van der Waals surface area contributed by atoms with Gasteiger partial charge in [0.2, 0.25) is 0 Å². The van der Waals surface area contributed by atoms with Crippen molar-refractivity contribution in [2.75, 3.05) is 24.6 Å². The number of nitrogens with zero attached hydrogens (tertiary/aromatic N) is 2. The number of benzene rings is 1. The lowest BCUT2D eigenvalue weighted by Crippen LogP contribution is -2.53. The normalized spacial score (nSPS) is 24.2. The molecule has 2 fully saturated rings. The number of carbonyl (C=O) groups is 1. The molecule has 128 valence electrons. The van der Waals surface area contributed by atoms with Crippen LogP contribution in [0.25, 0.3) is 11.1 Å². The maximum Gasteiger partial charge on any atom is 0.254 e. The first kappa shape index (κ1) is 16.0. The van der Waals surface area contributed by atoms with E-state index in [1.807, 2.05) is 29.2 Å². The lowest BCUT2D eigenvalue weighted by atomic mass is 9.91. The van der Waals surface area contributed by atoms with Gasteiger partial charge in [-0.15, -0.1) is 0 Å². The van der Waals surface area contributed by atoms with Crippen molar-refractivity contribution in [2.24, 2.45) is 0 Å². The minimum atomic E-state index is -1.17. The Morgan fingerprint density at radius 1 is 1.33 bits per heavy atom. The summed E-state index contributed by atoms with van der Waals surface area (Å²) in [6.07, 6.45) is 2.99. The third-order valence-electron chi connectivity index (χ3n) is 5.09. The highest BCUT2D eigenvalue weighted by Crippen LogP contribution is 2.33. The van der Waals surface area contributed by atoms with Crippen LogP contribution in [0.1, 0.15) is 37.5 Å². The summed E-state index contributed by atoms with van der Waals surface area (Å²) in [5.74, 6) is 2.41. The second kappa shape index (κ2) is 6.41. The first-order valence-electron chi connectivity index (χ1n) is 8.61. The van der Waals surface area contributed by atoms with Gasteiger partial charge in [0.1, 0.15) is 11.1 Å². The molecule has 2 aliphatic rings. The number of thioether (sulfide) groups is 1. The molecule has 1 aromatic carbocycles. The van der Waals surface area contributed by atoms with Crippen LogP contribution in [0, 0.1) is 0 Å². The van der Waals surface area contributed by atoms with Gasteiger partial charge in [-0.1, -0.05) is 12.1 Å². The smallest absolute Gasteiger partial charge is 0.254 e. The minimum absolute atomic E-state index is 0.108. The highest BCUT2D eigenvalue weighted by atomic mass is 32.2. The van der Waals surface area contributed by atoms with E-state index < -0.39 is 5.60 Å². The molecule has 0 radical (unpaired) electrons. The van der Waals surface area contributed by atoms with Crippen LogP contribution in [0.4, 0.5) is 0 Å². The number of fused-ring (bicyclic) bond motifs is 1. The fourth-order valence-corrected chi connectivity index (χ4v) is 4.81. The van der Waals surface area contributed by atoms with E-state index in [1.54, 1.807) is 11.8 Å². The molecule has 1 atom stereocenters. The van der Waals surface area contributed by atoms with Crippen molar-refractivity contribution in [3.8, 4) is 0 Å². The van der Waals surface area contributed by atoms with Gasteiger partial charge in [-0.25, -0.2) is 4.98 Å². The molecule has 2 aliphatic heterocycles. The predicted molar refractivity (Wildman–Crippen MR) is 94.1 cm³/mol. The summed E-state index contributed by atoms with van der Waals surface area (Å²) in [6, 6.07) is 7.74. The molecule has 0 spiro atoms. The standard InChI is InChI=1S/C18H22N2O3S/c21-17(18(22)7-10-24-11-8-18)20-9-3-4-13(12-20)16-19-14-5-1-2-6-15(14)23-16/h1-2,5-6,13,22H,3-4,7-12H2. The Morgan fingerprint density at radius 2 is 2.12 bits per heavy atom. The zero-order chi connectivity index (χ0) is 16.6. The van der Waals surface area contributed by atoms with E-state index in [1.165, 1.54) is 0 Å². The van der Waals surface area contributed by atoms with E-state index >= 15 is 0 Å². The number of rotatable bonds is 2. The molecule has 1 amide bonds. The van der Waals surface area contributed by atoms with E-state index in [0.717, 1.165) is 35.4 Å². The highest BCUT2D eigenvalue weighted by molar-refractivity contribution is 7.99. The number of aliphatic hydroxyl groups is 1. The Balaban J connectivity index is 1.51. The number of aromatic nitrogens is 1. The van der Waals surface area contributed by atoms with Crippen molar-refractivity contribution in [2.45, 2.75) is 37.2 Å². The molecule has 24 heavy (non-hydrogen) atoms. The number of amides is 1. The van der Waals surface area contributed by atoms with Crippen LogP contribution >= 0.6 is 11.8 Å². The van der Waals surface area contributed by atoms with Crippen molar-refractivity contribution in [1.29, 1.82) is 0 Å². The van der Waals surface area contributed by atoms with Crippen LogP contribution in [0.3, 0.4) is 0 Å². The number of hydrogen-bond donors (Lipinski definition) is 1. The summed E-state index contributed by atoms with van der Waals surface area (Å²) in [5.41, 5.74) is 0.479. The first-order chi connectivity index (χ1) is 11.7. The number of hydrogen-bond acceptors (Lipinski definition) is 5. The molecule has 0 bridgehead atoms. The Hall–Kier alpha value is -1.53. The van der Waals surface area contributed by atoms with Crippen molar-refractivity contribution in [1.82, 2.24) is 9.88 Å². The zero-order valence-corrected chi connectivity index (χ0v) is 14.4. The zero-order valence-electron chi connectivity index (χ0n) is 13.6. The van der Waals surface area contributed by atoms with Crippen LogP contribution in [-0.2, 0) is 4.79 Å². The second-order valence-electron chi connectivity index (χ2n) is 6.75. The third-order valence-corrected chi connectivity index (χ3v) is 6.07. The van der Waals surface area contributed by atoms with Crippen molar-refractivity contribution in [3.05, 3.63) is 30.2 Å². The van der Waals surface area contributed by atoms with Crippen molar-refractivity contribution in [3.63, 3.8) is 0 Å². The molecule has 2 saturated heterocycles. The maximum absolute atomic E-state index is 12.8. The molecule has 1 unspecified atom stereocenters. The lowest BCUT2D eigenvalue weighted by Gasteiger charge is -2.38. The van der Waals surface area contributed by atoms with E-state index in [0.29, 0.717) is 31.8 Å². The van der Waals surface area contributed by atoms with Gasteiger partial charge in [-0.2, -0.15) is 11.8 Å². The average molecular weight is 346 g/mol. The van der Waals surface area contributed by atoms with Gasteiger partial charge in [0.25, 0.3) is 5.91 Å². The Bertz CT molecular complexity index is 706. The van der Waals surface area contributed by atoms with Crippen LogP contribution in [-0.4, -0.2) is 51.1 Å². The number of likely N-dealkylation sites (tertiary alicyclic amines) is 1. The van der Waals surface area contributed by atoms with Gasteiger partial charge in [-0.3, -0.25) is 4.79 Å². The number of carbonyl (C=O) groups excluding carboxylic acids is 1. The van der Waals surface area contributed by atoms with Crippen molar-refractivity contribution >= 4 is 28.8 Å². The van der Waals surface area contributed by atoms with E-state index in [2.05, 4.69) is 4.98 Å². The van der Waals surface area contributed by atoms with E-state index in [9.17, 15) is 9.90 Å². The SMILES string of the molecule is O=C(N1CCCC(c2nc3ccccc3o2)C1)C1(O)CCSCC1. The third kappa shape index (κ3) is 2.93. The molecule has 1 aromatic heterocycles. The summed E-state index contributed by atoms with van der Waals surface area (Å²) >= 11 is 1.81. The van der Waals surface area contributed by atoms with Gasteiger partial charge in [0, 0.05) is 13.1 Å². The fraction of sp³-hybridized carbons (Fsp3) is 0.556. The molecule has 4 rings (SSSR count). The molecule has 0 aliphatic carbocycles. The lowest BCUT2D eigenvalue weighted by molar-refractivity contribution is -0.153. The monoisotopic (exact) mass is 346 g/mol. The van der Waals surface area contributed by atoms with Crippen LogP contribution in [0.15, 0.2) is 28.7 Å². The molecule has 6 heteroatoms. The maximum atomic E-state index is 12.8. The predicted octanol–water partition coefficient (Wildman–Crippen LogP) is 2.79. The molecule has 3 heterocycles. The molecule has 1 N–H and O–H groups in total. The fourth-order valence-electron chi connectivity index (χ4n) is 3.65. The van der Waals surface area contributed by atoms with Gasteiger partial charge >= 0.3 is 0 Å². The Morgan fingerprint density at radius 3 is 2.92 bits per heavy atom. The Kier molecular flexibility index (Phi) is 4.26. The summed E-state index contributed by atoms with van der Waals surface area (Å²) in [4.78, 5) is 19.2. The largest absolute Gasteiger partial charge is 0.440 e. The summed E-state index contributed by atoms with van der Waals surface area (Å²) < 4.78 is 5.89. The quantitative estimate of drug-likeness (QED) is 0.906. The molecule has 0 saturated carbocycles. The van der Waals surface area contributed by atoms with Crippen LogP contribution < -0.4 is 0 Å². The summed E-state index contributed by atoms with van der Waals surface area (Å²) in [7, 11) is 0. The summed E-state index contributed by atoms with van der Waals surface area (Å²) in [6.45, 7) is 1.30. The van der Waals surface area contributed by atoms with Crippen LogP contribution in [0.2, 0.25) is 0 Å². The molecule has 2 aromatic rings.